The van der Waals surface area contributed by atoms with E-state index in [1.54, 1.807) is 0 Å². The van der Waals surface area contributed by atoms with Crippen molar-refractivity contribution < 1.29 is 9.59 Å². The van der Waals surface area contributed by atoms with Crippen molar-refractivity contribution in [2.24, 2.45) is 0 Å². The zero-order valence-corrected chi connectivity index (χ0v) is 9.43. The number of hydrogen-bond acceptors (Lipinski definition) is 2. The Kier molecular flexibility index (Phi) is 2.72. The van der Waals surface area contributed by atoms with Crippen molar-refractivity contribution >= 4 is 58.0 Å². The summed E-state index contributed by atoms with van der Waals surface area (Å²) in [4.78, 5) is 20.9. The second-order valence-corrected chi connectivity index (χ2v) is 5.33. The maximum atomic E-state index is 11.4. The van der Waals surface area contributed by atoms with Gasteiger partial charge in [0.2, 0.25) is 11.6 Å². The fourth-order valence-corrected chi connectivity index (χ4v) is 2.39. The van der Waals surface area contributed by atoms with Crippen molar-refractivity contribution in [1.29, 1.82) is 0 Å². The van der Waals surface area contributed by atoms with Gasteiger partial charge in [0.1, 0.15) is 0 Å². The minimum atomic E-state index is -1.82. The van der Waals surface area contributed by atoms with Crippen LogP contribution in [0.3, 0.4) is 0 Å². The van der Waals surface area contributed by atoms with Crippen LogP contribution in [0.15, 0.2) is 11.1 Å². The lowest BCUT2D eigenvalue weighted by atomic mass is 9.91. The Morgan fingerprint density at radius 3 is 2.15 bits per heavy atom. The fourth-order valence-electron chi connectivity index (χ4n) is 0.931. The summed E-state index contributed by atoms with van der Waals surface area (Å²) in [6.45, 7) is 1.22. The SMILES string of the molecule is CC1(Cl)C(=O)C(Cl)=CC(Cl)(Cl)C1=O. The molecule has 0 radical (unpaired) electrons. The summed E-state index contributed by atoms with van der Waals surface area (Å²) in [6.07, 6.45) is 0.979. The lowest BCUT2D eigenvalue weighted by molar-refractivity contribution is -0.128. The van der Waals surface area contributed by atoms with Gasteiger partial charge in [0.05, 0.1) is 5.03 Å². The van der Waals surface area contributed by atoms with Gasteiger partial charge in [-0.1, -0.05) is 34.8 Å². The lowest BCUT2D eigenvalue weighted by Gasteiger charge is -2.29. The van der Waals surface area contributed by atoms with Gasteiger partial charge in [-0.3, -0.25) is 9.59 Å². The molecule has 0 spiro atoms. The normalized spacial score (nSPS) is 33.2. The van der Waals surface area contributed by atoms with Gasteiger partial charge < -0.3 is 0 Å². The number of ketones is 2. The van der Waals surface area contributed by atoms with E-state index in [4.69, 9.17) is 46.4 Å². The zero-order valence-electron chi connectivity index (χ0n) is 6.41. The molecule has 72 valence electrons. The van der Waals surface area contributed by atoms with Crippen molar-refractivity contribution in [1.82, 2.24) is 0 Å². The van der Waals surface area contributed by atoms with Crippen LogP contribution >= 0.6 is 46.4 Å². The third-order valence-corrected chi connectivity index (χ3v) is 2.87. The van der Waals surface area contributed by atoms with Crippen LogP contribution in [0.4, 0.5) is 0 Å². The smallest absolute Gasteiger partial charge is 0.202 e. The van der Waals surface area contributed by atoms with Gasteiger partial charge in [-0.05, 0) is 13.0 Å². The Morgan fingerprint density at radius 2 is 1.69 bits per heavy atom. The molecule has 0 bridgehead atoms. The molecule has 1 atom stereocenters. The maximum Gasteiger partial charge on any atom is 0.202 e. The first kappa shape index (κ1) is 11.3. The van der Waals surface area contributed by atoms with Crippen LogP contribution in [0, 0.1) is 0 Å². The molecule has 6 heteroatoms. The van der Waals surface area contributed by atoms with Crippen molar-refractivity contribution in [3.63, 3.8) is 0 Å². The lowest BCUT2D eigenvalue weighted by Crippen LogP contribution is -2.50. The summed E-state index contributed by atoms with van der Waals surface area (Å²) in [7, 11) is 0. The van der Waals surface area contributed by atoms with E-state index < -0.39 is 20.8 Å². The molecule has 1 rings (SSSR count). The molecule has 13 heavy (non-hydrogen) atoms. The summed E-state index contributed by atoms with van der Waals surface area (Å²) < 4.78 is -1.82. The van der Waals surface area contributed by atoms with Gasteiger partial charge in [0.15, 0.2) is 9.21 Å². The number of hydrogen-bond donors (Lipinski definition) is 0. The summed E-state index contributed by atoms with van der Waals surface area (Å²) >= 11 is 22.3. The summed E-state index contributed by atoms with van der Waals surface area (Å²) in [5, 5.41) is -0.220. The van der Waals surface area contributed by atoms with Crippen molar-refractivity contribution in [2.45, 2.75) is 16.1 Å². The van der Waals surface area contributed by atoms with Crippen LogP contribution in [-0.4, -0.2) is 20.8 Å². The van der Waals surface area contributed by atoms with Crippen molar-refractivity contribution in [3.8, 4) is 0 Å². The molecule has 1 unspecified atom stereocenters. The number of alkyl halides is 3. The van der Waals surface area contributed by atoms with E-state index in [1.165, 1.54) is 6.92 Å². The van der Waals surface area contributed by atoms with E-state index >= 15 is 0 Å². The highest BCUT2D eigenvalue weighted by Gasteiger charge is 2.53. The molecule has 2 nitrogen and oxygen atoms in total. The highest BCUT2D eigenvalue weighted by atomic mass is 35.5. The Balaban J connectivity index is 3.32. The average molecular weight is 262 g/mol. The second kappa shape index (κ2) is 3.13. The van der Waals surface area contributed by atoms with E-state index in [0.29, 0.717) is 0 Å². The second-order valence-electron chi connectivity index (χ2n) is 2.78. The van der Waals surface area contributed by atoms with E-state index in [-0.39, 0.29) is 5.03 Å². The molecule has 1 aliphatic rings. The van der Waals surface area contributed by atoms with Crippen LogP contribution in [-0.2, 0) is 9.59 Å². The molecule has 0 aromatic carbocycles. The first-order valence-electron chi connectivity index (χ1n) is 3.24. The third kappa shape index (κ3) is 1.73. The topological polar surface area (TPSA) is 34.1 Å². The Labute approximate surface area is 94.8 Å². The first-order valence-corrected chi connectivity index (χ1v) is 4.75. The largest absolute Gasteiger partial charge is 0.293 e. The maximum absolute atomic E-state index is 11.4. The highest BCUT2D eigenvalue weighted by Crippen LogP contribution is 2.40. The molecule has 0 amide bonds. The molecule has 1 aliphatic carbocycles. The quantitative estimate of drug-likeness (QED) is 0.496. The number of Topliss-reactive ketones (excluding diaryl/α,β-unsaturated/α-hetero) is 2. The van der Waals surface area contributed by atoms with Crippen LogP contribution in [0.25, 0.3) is 0 Å². The monoisotopic (exact) mass is 260 g/mol. The van der Waals surface area contributed by atoms with Gasteiger partial charge in [-0.25, -0.2) is 0 Å². The molecule has 0 aromatic rings. The Morgan fingerprint density at radius 1 is 1.23 bits per heavy atom. The van der Waals surface area contributed by atoms with Crippen LogP contribution in [0.5, 0.6) is 0 Å². The van der Waals surface area contributed by atoms with Gasteiger partial charge in [0, 0.05) is 0 Å². The predicted octanol–water partition coefficient (Wildman–Crippen LogP) is 2.43. The minimum absolute atomic E-state index is 0.220. The van der Waals surface area contributed by atoms with E-state index in [0.717, 1.165) is 6.08 Å². The van der Waals surface area contributed by atoms with Crippen LogP contribution < -0.4 is 0 Å². The molecule has 0 aliphatic heterocycles. The van der Waals surface area contributed by atoms with Crippen LogP contribution in [0.2, 0.25) is 0 Å². The third-order valence-electron chi connectivity index (χ3n) is 1.68. The molecular formula is C7H4Cl4O2. The molecule has 0 N–H and O–H groups in total. The number of carbonyl (C=O) groups is 2. The number of allylic oxidation sites excluding steroid dienone is 2. The number of halogens is 4. The summed E-state index contributed by atoms with van der Waals surface area (Å²) in [5.74, 6) is -1.46. The molecular weight excluding hydrogens is 258 g/mol. The van der Waals surface area contributed by atoms with Gasteiger partial charge in [0.25, 0.3) is 0 Å². The first-order chi connectivity index (χ1) is 5.69. The minimum Gasteiger partial charge on any atom is -0.293 e. The molecule has 0 aromatic heterocycles. The number of carbonyl (C=O) groups excluding carboxylic acids is 2. The zero-order chi connectivity index (χ0) is 10.4. The van der Waals surface area contributed by atoms with Crippen molar-refractivity contribution in [3.05, 3.63) is 11.1 Å². The van der Waals surface area contributed by atoms with Crippen LogP contribution in [0.1, 0.15) is 6.92 Å². The van der Waals surface area contributed by atoms with Gasteiger partial charge in [-0.2, -0.15) is 0 Å². The fraction of sp³-hybridized carbons (Fsp3) is 0.429. The van der Waals surface area contributed by atoms with E-state index in [1.807, 2.05) is 0 Å². The highest BCUT2D eigenvalue weighted by molar-refractivity contribution is 6.69. The predicted molar refractivity (Wildman–Crippen MR) is 52.6 cm³/mol. The Hall–Kier alpha value is 0.240. The summed E-state index contributed by atoms with van der Waals surface area (Å²) in [6, 6.07) is 0. The van der Waals surface area contributed by atoms with Gasteiger partial charge in [-0.15, -0.1) is 11.6 Å². The molecule has 0 saturated heterocycles. The molecule has 0 heterocycles. The molecule has 0 saturated carbocycles. The standard InChI is InChI=1S/C7H4Cl4O2/c1-6(9)4(12)3(8)2-7(10,11)5(6)13/h2H,1H3. The van der Waals surface area contributed by atoms with E-state index in [9.17, 15) is 9.59 Å². The number of rotatable bonds is 0. The Bertz CT molecular complexity index is 316. The van der Waals surface area contributed by atoms with E-state index in [2.05, 4.69) is 0 Å². The summed E-state index contributed by atoms with van der Waals surface area (Å²) in [5.41, 5.74) is 0. The van der Waals surface area contributed by atoms with Crippen molar-refractivity contribution in [2.75, 3.05) is 0 Å². The average Bonchev–Trinajstić information content (AvgIpc) is 1.98. The van der Waals surface area contributed by atoms with Gasteiger partial charge >= 0.3 is 0 Å². The molecule has 0 fully saturated rings.